The maximum atomic E-state index is 13.7. The molecule has 1 aromatic heterocycles. The van der Waals surface area contributed by atoms with E-state index in [0.717, 1.165) is 16.3 Å². The molecule has 0 spiro atoms. The average Bonchev–Trinajstić information content (AvgIpc) is 3.40. The number of nitrogens with zero attached hydrogens (tertiary/aromatic N) is 1. The summed E-state index contributed by atoms with van der Waals surface area (Å²) in [6.45, 7) is 8.23. The second-order valence-corrected chi connectivity index (χ2v) is 14.6. The summed E-state index contributed by atoms with van der Waals surface area (Å²) in [4.78, 5) is 29.4. The lowest BCUT2D eigenvalue weighted by Crippen LogP contribution is -2.43. The predicted molar refractivity (Wildman–Crippen MR) is 183 cm³/mol. The number of esters is 2. The number of benzene rings is 3. The first-order chi connectivity index (χ1) is 22.1. The van der Waals surface area contributed by atoms with Gasteiger partial charge in [-0.15, -0.1) is 0 Å². The molecule has 0 aliphatic rings. The summed E-state index contributed by atoms with van der Waals surface area (Å²) in [6.07, 6.45) is -0.233. The lowest BCUT2D eigenvalue weighted by molar-refractivity contribution is -0.164. The lowest BCUT2D eigenvalue weighted by Gasteiger charge is -2.35. The second-order valence-electron chi connectivity index (χ2n) is 12.3. The number of ether oxygens (including phenoxy) is 3. The fourth-order valence-electron chi connectivity index (χ4n) is 5.68. The van der Waals surface area contributed by atoms with Crippen LogP contribution in [0, 0.1) is 13.8 Å². The van der Waals surface area contributed by atoms with E-state index in [4.69, 9.17) is 25.8 Å². The zero-order valence-electron chi connectivity index (χ0n) is 27.6. The van der Waals surface area contributed by atoms with E-state index in [1.807, 2.05) is 45.9 Å². The van der Waals surface area contributed by atoms with E-state index in [1.165, 1.54) is 7.11 Å². The van der Waals surface area contributed by atoms with Crippen LogP contribution < -0.4 is 4.31 Å². The molecule has 0 fully saturated rings. The number of aryl methyl sites for hydroxylation is 1. The first-order valence-corrected chi connectivity index (χ1v) is 17.3. The van der Waals surface area contributed by atoms with E-state index in [2.05, 4.69) is 4.98 Å². The molecule has 0 bridgehead atoms. The number of halogens is 1. The van der Waals surface area contributed by atoms with Crippen LogP contribution in [0.5, 0.6) is 0 Å². The second kappa shape index (κ2) is 14.5. The van der Waals surface area contributed by atoms with Crippen molar-refractivity contribution in [1.82, 2.24) is 4.98 Å². The number of rotatable bonds is 12. The number of H-pyrrole nitrogens is 1. The molecule has 0 unspecified atom stereocenters. The number of aliphatic hydroxyl groups excluding tert-OH is 1. The van der Waals surface area contributed by atoms with E-state index >= 15 is 0 Å². The van der Waals surface area contributed by atoms with Gasteiger partial charge in [-0.3, -0.25) is 4.31 Å². The Morgan fingerprint density at radius 2 is 1.68 bits per heavy atom. The van der Waals surface area contributed by atoms with E-state index in [-0.39, 0.29) is 18.7 Å². The quantitative estimate of drug-likeness (QED) is 0.161. The van der Waals surface area contributed by atoms with Crippen molar-refractivity contribution in [2.45, 2.75) is 58.8 Å². The third-order valence-electron chi connectivity index (χ3n) is 7.58. The summed E-state index contributed by atoms with van der Waals surface area (Å²) in [7, 11) is -2.82. The topological polar surface area (TPSA) is 135 Å². The number of carbonyl (C=O) groups is 2. The van der Waals surface area contributed by atoms with Crippen molar-refractivity contribution in [3.05, 3.63) is 88.1 Å². The van der Waals surface area contributed by atoms with Gasteiger partial charge in [0, 0.05) is 28.1 Å². The zero-order chi connectivity index (χ0) is 34.7. The molecular weight excluding hydrogens is 644 g/mol. The number of anilines is 1. The van der Waals surface area contributed by atoms with E-state index in [9.17, 15) is 23.1 Å². The summed E-state index contributed by atoms with van der Waals surface area (Å²) < 4.78 is 45.6. The van der Waals surface area contributed by atoms with Crippen LogP contribution in [0.15, 0.2) is 60.7 Å². The van der Waals surface area contributed by atoms with Crippen LogP contribution in [0.1, 0.15) is 60.5 Å². The van der Waals surface area contributed by atoms with Crippen LogP contribution in [0.3, 0.4) is 0 Å². The maximum absolute atomic E-state index is 13.7. The minimum Gasteiger partial charge on any atom is -0.467 e. The van der Waals surface area contributed by atoms with Crippen molar-refractivity contribution >= 4 is 50.2 Å². The Kier molecular flexibility index (Phi) is 11.1. The molecule has 47 heavy (non-hydrogen) atoms. The van der Waals surface area contributed by atoms with Crippen LogP contribution in [0.4, 0.5) is 5.69 Å². The van der Waals surface area contributed by atoms with Crippen LogP contribution >= 0.6 is 11.6 Å². The van der Waals surface area contributed by atoms with Crippen LogP contribution in [0.25, 0.3) is 22.0 Å². The van der Waals surface area contributed by atoms with Gasteiger partial charge in [-0.25, -0.2) is 18.0 Å². The van der Waals surface area contributed by atoms with E-state index in [0.29, 0.717) is 43.7 Å². The number of methoxy groups -OCH3 is 1. The van der Waals surface area contributed by atoms with Gasteiger partial charge in [0.2, 0.25) is 10.0 Å². The van der Waals surface area contributed by atoms with Crippen LogP contribution in [-0.2, 0) is 29.0 Å². The molecule has 0 radical (unpaired) electrons. The molecule has 3 aromatic carbocycles. The SMILES string of the molecule is COC(=O)[C@@H](OC(C)(C)C)c1c(C)c(N([C@H](CO)CCOC(=O)c2ccccc2)S(C)(=O)=O)c2[nH]c(C)cc2c1-c1ccc(Cl)cc1. The molecular formula is C35H41ClN2O8S. The number of nitrogens with one attached hydrogen (secondary N) is 1. The molecule has 10 nitrogen and oxygen atoms in total. The van der Waals surface area contributed by atoms with Gasteiger partial charge in [0.1, 0.15) is 0 Å². The smallest absolute Gasteiger partial charge is 0.339 e. The Balaban J connectivity index is 1.98. The number of aromatic amines is 1. The lowest BCUT2D eigenvalue weighted by atomic mass is 9.87. The number of fused-ring (bicyclic) bond motifs is 1. The number of hydrogen-bond donors (Lipinski definition) is 2. The molecule has 0 amide bonds. The highest BCUT2D eigenvalue weighted by Crippen LogP contribution is 2.47. The Labute approximate surface area is 280 Å². The van der Waals surface area contributed by atoms with Crippen LogP contribution in [-0.4, -0.2) is 68.7 Å². The molecule has 0 saturated carbocycles. The Morgan fingerprint density at radius 1 is 1.04 bits per heavy atom. The molecule has 2 N–H and O–H groups in total. The van der Waals surface area contributed by atoms with E-state index < -0.39 is 46.3 Å². The molecule has 1 heterocycles. The third-order valence-corrected chi connectivity index (χ3v) is 9.03. The first-order valence-electron chi connectivity index (χ1n) is 15.1. The summed E-state index contributed by atoms with van der Waals surface area (Å²) in [6, 6.07) is 16.4. The zero-order valence-corrected chi connectivity index (χ0v) is 29.2. The van der Waals surface area contributed by atoms with E-state index in [1.54, 1.807) is 49.4 Å². The summed E-state index contributed by atoms with van der Waals surface area (Å²) >= 11 is 6.25. The minimum atomic E-state index is -4.08. The number of carbonyl (C=O) groups excluding carboxylic acids is 2. The monoisotopic (exact) mass is 684 g/mol. The molecule has 4 aromatic rings. The fraction of sp³-hybridized carbons (Fsp3) is 0.371. The van der Waals surface area contributed by atoms with Gasteiger partial charge in [-0.05, 0) is 81.6 Å². The van der Waals surface area contributed by atoms with Crippen LogP contribution in [0.2, 0.25) is 5.02 Å². The van der Waals surface area contributed by atoms with Crippen molar-refractivity contribution < 1.29 is 37.3 Å². The minimum absolute atomic E-state index is 0.0179. The van der Waals surface area contributed by atoms with Crippen molar-refractivity contribution in [2.24, 2.45) is 0 Å². The van der Waals surface area contributed by atoms with Gasteiger partial charge in [-0.2, -0.15) is 0 Å². The largest absolute Gasteiger partial charge is 0.467 e. The first kappa shape index (κ1) is 35.9. The molecule has 4 rings (SSSR count). The van der Waals surface area contributed by atoms with Gasteiger partial charge in [0.25, 0.3) is 0 Å². The normalized spacial score (nSPS) is 13.3. The number of aliphatic hydroxyl groups is 1. The third kappa shape index (κ3) is 8.16. The van der Waals surface area contributed by atoms with Crippen molar-refractivity contribution in [3.63, 3.8) is 0 Å². The molecule has 252 valence electrons. The number of sulfonamides is 1. The standard InChI is InChI=1S/C35H41ClN2O8S/c1-21-19-27-29(23-13-15-25(36)16-14-23)28(32(34(41)44-6)46-35(3,4)5)22(2)31(30(27)37-21)38(47(7,42)43)26(20-39)17-18-45-33(40)24-11-9-8-10-12-24/h8-16,19,26,32,37,39H,17-18,20H2,1-7H3/t26-,32-/m0/s1. The van der Waals surface area contributed by atoms with Gasteiger partial charge < -0.3 is 24.3 Å². The van der Waals surface area contributed by atoms with Gasteiger partial charge in [0.15, 0.2) is 6.10 Å². The average molecular weight is 685 g/mol. The maximum Gasteiger partial charge on any atom is 0.339 e. The van der Waals surface area contributed by atoms with Crippen molar-refractivity contribution in [1.29, 1.82) is 0 Å². The molecule has 12 heteroatoms. The Morgan fingerprint density at radius 3 is 2.23 bits per heavy atom. The fourth-order valence-corrected chi connectivity index (χ4v) is 7.08. The molecule has 0 aliphatic heterocycles. The van der Waals surface area contributed by atoms with Gasteiger partial charge in [0.05, 0.1) is 55.0 Å². The van der Waals surface area contributed by atoms with Crippen molar-refractivity contribution in [3.8, 4) is 11.1 Å². The molecule has 0 saturated heterocycles. The number of hydrogen-bond acceptors (Lipinski definition) is 8. The highest BCUT2D eigenvalue weighted by molar-refractivity contribution is 7.92. The number of aromatic nitrogens is 1. The molecule has 0 aliphatic carbocycles. The van der Waals surface area contributed by atoms with Crippen molar-refractivity contribution in [2.75, 3.05) is 30.9 Å². The summed E-state index contributed by atoms with van der Waals surface area (Å²) in [5.74, 6) is -1.24. The Hall–Kier alpha value is -3.90. The van der Waals surface area contributed by atoms with Gasteiger partial charge >= 0.3 is 11.9 Å². The highest BCUT2D eigenvalue weighted by Gasteiger charge is 2.38. The summed E-state index contributed by atoms with van der Waals surface area (Å²) in [5, 5.41) is 11.8. The predicted octanol–water partition coefficient (Wildman–Crippen LogP) is 6.51. The van der Waals surface area contributed by atoms with Gasteiger partial charge in [-0.1, -0.05) is 41.9 Å². The Bertz CT molecular complexity index is 1850. The summed E-state index contributed by atoms with van der Waals surface area (Å²) in [5.41, 5.74) is 3.12. The highest BCUT2D eigenvalue weighted by atomic mass is 35.5. The molecule has 2 atom stereocenters.